The Labute approximate surface area is 448 Å². The molecule has 75 heavy (non-hydrogen) atoms. The molecule has 0 saturated carbocycles. The topological polar surface area (TPSA) is 157 Å². The zero-order chi connectivity index (χ0) is 50.9. The van der Waals surface area contributed by atoms with Crippen LogP contribution >= 0.6 is 0 Å². The first-order chi connectivity index (χ1) is 33.2. The van der Waals surface area contributed by atoms with Gasteiger partial charge in [-0.25, -0.2) is 0 Å². The van der Waals surface area contributed by atoms with Gasteiger partial charge in [0.1, 0.15) is 24.3 Å². The molecule has 0 aliphatic heterocycles. The lowest BCUT2D eigenvalue weighted by molar-refractivity contribution is 0.103. The molecule has 1 atom stereocenters. The molecule has 10 rings (SSSR count). The van der Waals surface area contributed by atoms with Gasteiger partial charge in [0.2, 0.25) is 0 Å². The summed E-state index contributed by atoms with van der Waals surface area (Å²) in [5, 5.41) is 41.5. The molecule has 5 heterocycles. The average Bonchev–Trinajstić information content (AvgIpc) is 4.17. The van der Waals surface area contributed by atoms with Crippen molar-refractivity contribution in [3.63, 3.8) is 0 Å². The number of nitriles is 3. The molecule has 0 bridgehead atoms. The number of aliphatic hydroxyl groups is 1. The van der Waals surface area contributed by atoms with Gasteiger partial charge in [-0.15, -0.1) is 0 Å². The highest BCUT2D eigenvalue weighted by Crippen LogP contribution is 2.43. The Hall–Kier alpha value is -7.71. The summed E-state index contributed by atoms with van der Waals surface area (Å²) in [4.78, 5) is 27.3. The van der Waals surface area contributed by atoms with Crippen LogP contribution in [0.2, 0.25) is 0 Å². The van der Waals surface area contributed by atoms with E-state index in [4.69, 9.17) is 5.26 Å². The Balaban J connectivity index is 0.000000304. The lowest BCUT2D eigenvalue weighted by atomic mass is 9.87. The van der Waals surface area contributed by atoms with E-state index in [0.29, 0.717) is 24.0 Å². The van der Waals surface area contributed by atoms with Crippen LogP contribution in [-0.4, -0.2) is 35.0 Å². The van der Waals surface area contributed by atoms with Crippen molar-refractivity contribution in [3.8, 4) is 18.2 Å². The maximum absolute atomic E-state index is 13.6. The molecular weight excluding hydrogens is 925 g/mol. The fourth-order valence-corrected chi connectivity index (χ4v) is 11.2. The first kappa shape index (κ1) is 61.6. The van der Waals surface area contributed by atoms with Gasteiger partial charge in [0.05, 0.1) is 61.9 Å². The molecule has 3 aliphatic carbocycles. The highest BCUT2D eigenvalue weighted by atomic mass is 16.3. The van der Waals surface area contributed by atoms with Gasteiger partial charge in [-0.3, -0.25) is 19.7 Å². The number of aryl methyl sites for hydroxylation is 8. The third-order valence-corrected chi connectivity index (χ3v) is 15.4. The van der Waals surface area contributed by atoms with E-state index < -0.39 is 6.10 Å². The summed E-state index contributed by atoms with van der Waals surface area (Å²) in [5.41, 5.74) is 27.2. The number of carbonyl (C=O) groups excluding carboxylic acids is 1. The lowest BCUT2D eigenvalue weighted by Crippen LogP contribution is -2.09. The van der Waals surface area contributed by atoms with E-state index in [2.05, 4.69) is 109 Å². The number of fused-ring (bicyclic) bond motifs is 5. The predicted octanol–water partition coefficient (Wildman–Crippen LogP) is 15.1. The summed E-state index contributed by atoms with van der Waals surface area (Å²) >= 11 is 0. The maximum Gasteiger partial charge on any atom is 0.190 e. The zero-order valence-corrected chi connectivity index (χ0v) is 43.2. The fourth-order valence-electron chi connectivity index (χ4n) is 11.2. The quantitative estimate of drug-likeness (QED) is 0.171. The van der Waals surface area contributed by atoms with E-state index in [-0.39, 0.29) is 42.9 Å². The number of carbonyl (C=O) groups is 1. The van der Waals surface area contributed by atoms with Crippen molar-refractivity contribution >= 4 is 45.8 Å². The summed E-state index contributed by atoms with van der Waals surface area (Å²) in [6, 6.07) is 8.74. The maximum atomic E-state index is 13.6. The van der Waals surface area contributed by atoms with E-state index in [9.17, 15) is 20.4 Å². The largest absolute Gasteiger partial charge is 0.384 e. The molecule has 0 amide bonds. The van der Waals surface area contributed by atoms with Gasteiger partial charge in [-0.05, 0) is 169 Å². The summed E-state index contributed by atoms with van der Waals surface area (Å²) in [5.74, 6) is 0.0605. The molecule has 0 spiro atoms. The summed E-state index contributed by atoms with van der Waals surface area (Å²) in [7, 11) is 4.08. The minimum absolute atomic E-state index is 0. The lowest BCUT2D eigenvalue weighted by Gasteiger charge is -2.21. The normalized spacial score (nSPS) is 12.4. The number of Topliss-reactive ketones (excluding diaryl/α,β-unsaturated/α-hetero) is 1. The van der Waals surface area contributed by atoms with E-state index in [1.165, 1.54) is 27.8 Å². The average molecular weight is 1010 g/mol. The van der Waals surface area contributed by atoms with Crippen LogP contribution in [0.4, 0.5) is 0 Å². The number of benzene rings is 2. The SMILES string of the molecule is C.C.C.C.C.Cc1nc2c(c(C)c1C#N)C=C(C(=O)c1c(C)c(C)c(C)c3c1ccn3C)C2.Cc1nc2c(c(C)c1C#N)C=C(C(O)c1c(C)c(C)c(C)c3c1c(C)cn3C)C2.Cc1nc2c(c(C)c1C#N)C=CC2. The Bertz CT molecular complexity index is 3700. The zero-order valence-electron chi connectivity index (χ0n) is 43.2. The van der Waals surface area contributed by atoms with Crippen LogP contribution < -0.4 is 0 Å². The number of nitrogens with zero attached hydrogens (tertiary/aromatic N) is 8. The molecule has 5 aromatic heterocycles. The van der Waals surface area contributed by atoms with Crippen LogP contribution in [0.5, 0.6) is 0 Å². The van der Waals surface area contributed by atoms with E-state index in [0.717, 1.165) is 135 Å². The molecule has 10 heteroatoms. The van der Waals surface area contributed by atoms with Crippen LogP contribution in [0.25, 0.3) is 40.0 Å². The Morgan fingerprint density at radius 2 is 1.07 bits per heavy atom. The van der Waals surface area contributed by atoms with Crippen LogP contribution in [0.1, 0.15) is 182 Å². The monoisotopic (exact) mass is 1000 g/mol. The van der Waals surface area contributed by atoms with Gasteiger partial charge in [0, 0.05) is 84.4 Å². The van der Waals surface area contributed by atoms with Crippen molar-refractivity contribution in [2.24, 2.45) is 14.1 Å². The molecule has 2 aromatic carbocycles. The van der Waals surface area contributed by atoms with Gasteiger partial charge < -0.3 is 14.2 Å². The third kappa shape index (κ3) is 10.0. The molecular formula is C65H80N8O2. The van der Waals surface area contributed by atoms with E-state index >= 15 is 0 Å². The van der Waals surface area contributed by atoms with Crippen molar-refractivity contribution in [2.75, 3.05) is 0 Å². The molecule has 1 N–H and O–H groups in total. The highest BCUT2D eigenvalue weighted by molar-refractivity contribution is 6.20. The Kier molecular flexibility index (Phi) is 19.1. The van der Waals surface area contributed by atoms with Crippen LogP contribution in [0, 0.1) is 124 Å². The van der Waals surface area contributed by atoms with Gasteiger partial charge in [0.15, 0.2) is 5.78 Å². The molecule has 0 radical (unpaired) electrons. The first-order valence-electron chi connectivity index (χ1n) is 23.8. The molecule has 3 aliphatic rings. The fraction of sp³-hybridized carbons (Fsp3) is 0.369. The second-order valence-corrected chi connectivity index (χ2v) is 19.5. The second-order valence-electron chi connectivity index (χ2n) is 19.5. The Morgan fingerprint density at radius 1 is 0.587 bits per heavy atom. The number of ketones is 1. The van der Waals surface area contributed by atoms with Crippen molar-refractivity contribution in [1.29, 1.82) is 15.8 Å². The van der Waals surface area contributed by atoms with Gasteiger partial charge in [-0.2, -0.15) is 15.8 Å². The molecule has 392 valence electrons. The minimum Gasteiger partial charge on any atom is -0.384 e. The minimum atomic E-state index is -0.697. The van der Waals surface area contributed by atoms with Crippen molar-refractivity contribution < 1.29 is 9.90 Å². The number of aliphatic hydroxyl groups excluding tert-OH is 1. The molecule has 10 nitrogen and oxygen atoms in total. The van der Waals surface area contributed by atoms with Gasteiger partial charge in [-0.1, -0.05) is 55.4 Å². The highest BCUT2D eigenvalue weighted by Gasteiger charge is 2.30. The Morgan fingerprint density at radius 3 is 1.61 bits per heavy atom. The summed E-state index contributed by atoms with van der Waals surface area (Å²) in [6.45, 7) is 26.3. The smallest absolute Gasteiger partial charge is 0.190 e. The van der Waals surface area contributed by atoms with Crippen LogP contribution in [-0.2, 0) is 33.4 Å². The number of pyridine rings is 3. The van der Waals surface area contributed by atoms with Crippen molar-refractivity contribution in [2.45, 2.75) is 153 Å². The van der Waals surface area contributed by atoms with Crippen molar-refractivity contribution in [3.05, 3.63) is 170 Å². The molecule has 7 aromatic rings. The van der Waals surface area contributed by atoms with E-state index in [1.54, 1.807) is 0 Å². The van der Waals surface area contributed by atoms with Crippen LogP contribution in [0.3, 0.4) is 0 Å². The number of hydrogen-bond donors (Lipinski definition) is 1. The van der Waals surface area contributed by atoms with E-state index in [1.807, 2.05) is 79.9 Å². The number of hydrogen-bond acceptors (Lipinski definition) is 8. The van der Waals surface area contributed by atoms with Crippen molar-refractivity contribution in [1.82, 2.24) is 24.1 Å². The number of rotatable bonds is 4. The first-order valence-corrected chi connectivity index (χ1v) is 23.8. The predicted molar refractivity (Wildman–Crippen MR) is 313 cm³/mol. The summed E-state index contributed by atoms with van der Waals surface area (Å²) in [6.07, 6.45) is 13.6. The van der Waals surface area contributed by atoms with Gasteiger partial charge in [0.25, 0.3) is 0 Å². The number of aromatic nitrogens is 5. The second kappa shape index (κ2) is 23.2. The summed E-state index contributed by atoms with van der Waals surface area (Å²) < 4.78 is 4.24. The third-order valence-electron chi connectivity index (χ3n) is 15.4. The van der Waals surface area contributed by atoms with Gasteiger partial charge >= 0.3 is 0 Å². The van der Waals surface area contributed by atoms with Crippen LogP contribution in [0.15, 0.2) is 35.7 Å². The standard InChI is InChI=1S/C25H27N3O.C24H23N3O.C11H10N2.5CH4/c1-12-11-28(7)24-15(4)13(2)14(3)23(22(12)24)25(29)18-8-19-16(5)20(10-26)17(6)27-21(19)9-18;1-12-13(2)22(18-7-8-27(6)23(18)14(12)3)24(28)17-9-19-15(4)20(11-25)16(5)26-21(19)10-17;1-7-9-4-3-5-11(9)13-8(2)10(7)6-12;;;;;/h8,11,25,29H,9H2,1-7H3;7-9H,10H2,1-6H3;3-4H,5H2,1-2H3;5*1H4. The number of allylic oxidation sites excluding steroid dienone is 2. The molecule has 0 fully saturated rings. The molecule has 0 saturated heterocycles. The molecule has 1 unspecified atom stereocenters.